The highest BCUT2D eigenvalue weighted by molar-refractivity contribution is 7.89. The molecule has 0 aliphatic carbocycles. The number of aromatic nitrogens is 1. The lowest BCUT2D eigenvalue weighted by Gasteiger charge is -2.21. The van der Waals surface area contributed by atoms with Crippen molar-refractivity contribution in [2.75, 3.05) is 18.4 Å². The highest BCUT2D eigenvalue weighted by atomic mass is 32.2. The molecule has 0 unspecified atom stereocenters. The summed E-state index contributed by atoms with van der Waals surface area (Å²) in [6.07, 6.45) is 2.65. The molecule has 130 valence electrons. The van der Waals surface area contributed by atoms with Crippen LogP contribution >= 0.6 is 0 Å². The Kier molecular flexibility index (Phi) is 6.04. The van der Waals surface area contributed by atoms with Crippen molar-refractivity contribution in [3.63, 3.8) is 0 Å². The predicted octanol–water partition coefficient (Wildman–Crippen LogP) is 2.24. The number of nitrogens with one attached hydrogen (secondary N) is 1. The van der Waals surface area contributed by atoms with Crippen molar-refractivity contribution in [2.45, 2.75) is 24.7 Å². The zero-order valence-electron chi connectivity index (χ0n) is 13.1. The van der Waals surface area contributed by atoms with E-state index >= 15 is 0 Å². The number of hydrogen-bond donors (Lipinski definition) is 1. The third-order valence-corrected chi connectivity index (χ3v) is 5.10. The van der Waals surface area contributed by atoms with Gasteiger partial charge < -0.3 is 9.84 Å². The minimum atomic E-state index is -3.90. The SMILES string of the molecule is CCCCN(CC(=O)Nc1ccon1)S(=O)(=O)c1ccc(F)cc1. The van der Waals surface area contributed by atoms with Crippen molar-refractivity contribution in [3.8, 4) is 0 Å². The van der Waals surface area contributed by atoms with Gasteiger partial charge in [-0.15, -0.1) is 0 Å². The van der Waals surface area contributed by atoms with E-state index < -0.39 is 21.7 Å². The Balaban J connectivity index is 2.16. The second kappa shape index (κ2) is 8.02. The average Bonchev–Trinajstić information content (AvgIpc) is 3.04. The topological polar surface area (TPSA) is 92.5 Å². The van der Waals surface area contributed by atoms with Gasteiger partial charge in [0.05, 0.1) is 11.4 Å². The normalized spacial score (nSPS) is 11.6. The Morgan fingerprint density at radius 1 is 1.29 bits per heavy atom. The van der Waals surface area contributed by atoms with Crippen molar-refractivity contribution >= 4 is 21.7 Å². The first-order chi connectivity index (χ1) is 11.4. The molecule has 7 nitrogen and oxygen atoms in total. The van der Waals surface area contributed by atoms with E-state index in [0.717, 1.165) is 22.9 Å². The Hall–Kier alpha value is -2.26. The van der Waals surface area contributed by atoms with Gasteiger partial charge in [-0.25, -0.2) is 12.8 Å². The number of unbranched alkanes of at least 4 members (excludes halogenated alkanes) is 1. The number of carbonyl (C=O) groups is 1. The number of nitrogens with zero attached hydrogens (tertiary/aromatic N) is 2. The number of sulfonamides is 1. The number of halogens is 1. The molecular weight excluding hydrogens is 337 g/mol. The molecule has 24 heavy (non-hydrogen) atoms. The van der Waals surface area contributed by atoms with Gasteiger partial charge in [0, 0.05) is 12.6 Å². The number of hydrogen-bond acceptors (Lipinski definition) is 5. The Morgan fingerprint density at radius 3 is 2.58 bits per heavy atom. The quantitative estimate of drug-likeness (QED) is 0.784. The van der Waals surface area contributed by atoms with E-state index in [1.54, 1.807) is 0 Å². The predicted molar refractivity (Wildman–Crippen MR) is 85.2 cm³/mol. The number of carbonyl (C=O) groups excluding carboxylic acids is 1. The zero-order chi connectivity index (χ0) is 17.6. The maximum atomic E-state index is 13.0. The van der Waals surface area contributed by atoms with E-state index in [1.807, 2.05) is 6.92 Å². The molecule has 1 amide bonds. The molecule has 9 heteroatoms. The molecule has 0 aliphatic heterocycles. The summed E-state index contributed by atoms with van der Waals surface area (Å²) < 4.78 is 44.0. The third kappa shape index (κ3) is 4.62. The highest BCUT2D eigenvalue weighted by Gasteiger charge is 2.26. The van der Waals surface area contributed by atoms with E-state index in [9.17, 15) is 17.6 Å². The maximum absolute atomic E-state index is 13.0. The molecule has 0 spiro atoms. The lowest BCUT2D eigenvalue weighted by Crippen LogP contribution is -2.38. The second-order valence-corrected chi connectivity index (χ2v) is 7.02. The standard InChI is InChI=1S/C15H18FN3O4S/c1-2-3-9-19(11-15(20)17-14-8-10-23-18-14)24(21,22)13-6-4-12(16)5-7-13/h4-8,10H,2-3,9,11H2,1H3,(H,17,18,20). The van der Waals surface area contributed by atoms with Crippen molar-refractivity contribution in [1.29, 1.82) is 0 Å². The third-order valence-electron chi connectivity index (χ3n) is 3.24. The first-order valence-electron chi connectivity index (χ1n) is 7.39. The fourth-order valence-electron chi connectivity index (χ4n) is 1.99. The minimum Gasteiger partial charge on any atom is -0.363 e. The molecule has 0 atom stereocenters. The van der Waals surface area contributed by atoms with Gasteiger partial charge in [0.1, 0.15) is 12.1 Å². The molecule has 1 aromatic heterocycles. The summed E-state index contributed by atoms with van der Waals surface area (Å²) in [7, 11) is -3.90. The van der Waals surface area contributed by atoms with Crippen LogP contribution in [0.3, 0.4) is 0 Å². The summed E-state index contributed by atoms with van der Waals surface area (Å²) in [6, 6.07) is 5.95. The van der Waals surface area contributed by atoms with Crippen LogP contribution in [0.1, 0.15) is 19.8 Å². The van der Waals surface area contributed by atoms with Crippen molar-refractivity contribution in [2.24, 2.45) is 0 Å². The van der Waals surface area contributed by atoms with E-state index in [2.05, 4.69) is 15.0 Å². The molecule has 0 fully saturated rings. The van der Waals surface area contributed by atoms with E-state index in [0.29, 0.717) is 6.42 Å². The lowest BCUT2D eigenvalue weighted by atomic mass is 10.3. The second-order valence-electron chi connectivity index (χ2n) is 5.08. The molecule has 1 aromatic carbocycles. The van der Waals surface area contributed by atoms with E-state index in [4.69, 9.17) is 0 Å². The van der Waals surface area contributed by atoms with Crippen LogP contribution in [0.2, 0.25) is 0 Å². The van der Waals surface area contributed by atoms with Gasteiger partial charge in [-0.1, -0.05) is 18.5 Å². The Labute approximate surface area is 139 Å². The lowest BCUT2D eigenvalue weighted by molar-refractivity contribution is -0.116. The van der Waals surface area contributed by atoms with Crippen LogP contribution in [0.25, 0.3) is 0 Å². The Bertz CT molecular complexity index is 761. The smallest absolute Gasteiger partial charge is 0.243 e. The van der Waals surface area contributed by atoms with Crippen molar-refractivity contribution < 1.29 is 22.1 Å². The van der Waals surface area contributed by atoms with Crippen LogP contribution in [0.4, 0.5) is 10.2 Å². The fraction of sp³-hybridized carbons (Fsp3) is 0.333. The minimum absolute atomic E-state index is 0.0609. The van der Waals surface area contributed by atoms with Crippen LogP contribution in [0.5, 0.6) is 0 Å². The monoisotopic (exact) mass is 355 g/mol. The molecule has 0 aliphatic rings. The number of benzene rings is 1. The maximum Gasteiger partial charge on any atom is 0.243 e. The van der Waals surface area contributed by atoms with Gasteiger partial charge in [0.2, 0.25) is 15.9 Å². The van der Waals surface area contributed by atoms with Crippen molar-refractivity contribution in [3.05, 3.63) is 42.4 Å². The van der Waals surface area contributed by atoms with E-state index in [-0.39, 0.29) is 23.8 Å². The first kappa shape index (κ1) is 18.1. The summed E-state index contributed by atoms with van der Waals surface area (Å²) >= 11 is 0. The van der Waals surface area contributed by atoms with Crippen molar-refractivity contribution in [1.82, 2.24) is 9.46 Å². The van der Waals surface area contributed by atoms with Crippen LogP contribution in [-0.2, 0) is 14.8 Å². The molecule has 1 N–H and O–H groups in total. The summed E-state index contributed by atoms with van der Waals surface area (Å²) in [5, 5.41) is 5.99. The first-order valence-corrected chi connectivity index (χ1v) is 8.83. The molecule has 0 radical (unpaired) electrons. The number of amides is 1. The molecular formula is C15H18FN3O4S. The van der Waals surface area contributed by atoms with Gasteiger partial charge in [-0.2, -0.15) is 4.31 Å². The van der Waals surface area contributed by atoms with Gasteiger partial charge in [-0.3, -0.25) is 4.79 Å². The summed E-state index contributed by atoms with van der Waals surface area (Å²) in [5.41, 5.74) is 0. The fourth-order valence-corrected chi connectivity index (χ4v) is 3.43. The van der Waals surface area contributed by atoms with Crippen LogP contribution < -0.4 is 5.32 Å². The largest absolute Gasteiger partial charge is 0.363 e. The number of rotatable bonds is 8. The molecule has 0 saturated carbocycles. The zero-order valence-corrected chi connectivity index (χ0v) is 13.9. The highest BCUT2D eigenvalue weighted by Crippen LogP contribution is 2.17. The van der Waals surface area contributed by atoms with Gasteiger partial charge >= 0.3 is 0 Å². The number of anilines is 1. The molecule has 0 saturated heterocycles. The molecule has 2 rings (SSSR count). The summed E-state index contributed by atoms with van der Waals surface area (Å²) in [5.74, 6) is -0.863. The summed E-state index contributed by atoms with van der Waals surface area (Å²) in [6.45, 7) is 1.73. The van der Waals surface area contributed by atoms with Crippen LogP contribution in [-0.4, -0.2) is 36.9 Å². The van der Waals surface area contributed by atoms with Crippen LogP contribution in [0, 0.1) is 5.82 Å². The van der Waals surface area contributed by atoms with Gasteiger partial charge in [0.25, 0.3) is 0 Å². The molecule has 0 bridgehead atoms. The molecule has 1 heterocycles. The van der Waals surface area contributed by atoms with Gasteiger partial charge in [-0.05, 0) is 30.7 Å². The summed E-state index contributed by atoms with van der Waals surface area (Å²) in [4.78, 5) is 12.0. The molecule has 2 aromatic rings. The Morgan fingerprint density at radius 2 is 2.00 bits per heavy atom. The van der Waals surface area contributed by atoms with Gasteiger partial charge in [0.15, 0.2) is 5.82 Å². The average molecular weight is 355 g/mol. The van der Waals surface area contributed by atoms with E-state index in [1.165, 1.54) is 24.5 Å². The van der Waals surface area contributed by atoms with Crippen LogP contribution in [0.15, 0.2) is 46.0 Å².